The number of oxazole rings is 1. The van der Waals surface area contributed by atoms with Crippen molar-refractivity contribution in [3.63, 3.8) is 0 Å². The van der Waals surface area contributed by atoms with Gasteiger partial charge >= 0.3 is 0 Å². The lowest BCUT2D eigenvalue weighted by molar-refractivity contribution is 0.0853. The first kappa shape index (κ1) is 23.0. The molecule has 2 atom stereocenters. The summed E-state index contributed by atoms with van der Waals surface area (Å²) < 4.78 is 16.8. The summed E-state index contributed by atoms with van der Waals surface area (Å²) >= 11 is 0. The average molecular weight is 450 g/mol. The van der Waals surface area contributed by atoms with Crippen LogP contribution < -0.4 is 10.1 Å². The minimum absolute atomic E-state index is 0.0865. The third-order valence-corrected chi connectivity index (χ3v) is 6.03. The first-order valence-corrected chi connectivity index (χ1v) is 11.4. The van der Waals surface area contributed by atoms with Gasteiger partial charge in [0.05, 0.1) is 19.8 Å². The van der Waals surface area contributed by atoms with Crippen molar-refractivity contribution in [1.82, 2.24) is 15.2 Å². The van der Waals surface area contributed by atoms with Crippen LogP contribution in [0.25, 0.3) is 0 Å². The Hall–Kier alpha value is -3.16. The van der Waals surface area contributed by atoms with E-state index in [2.05, 4.69) is 40.3 Å². The summed E-state index contributed by atoms with van der Waals surface area (Å²) in [5, 5.41) is 2.89. The van der Waals surface area contributed by atoms with Gasteiger partial charge in [-0.3, -0.25) is 9.69 Å². The number of carbonyl (C=O) groups is 1. The highest BCUT2D eigenvalue weighted by Gasteiger charge is 2.22. The van der Waals surface area contributed by atoms with Gasteiger partial charge in [-0.05, 0) is 31.4 Å². The Bertz CT molecular complexity index is 1030. The van der Waals surface area contributed by atoms with Crippen LogP contribution >= 0.6 is 0 Å². The van der Waals surface area contributed by atoms with Gasteiger partial charge in [-0.25, -0.2) is 4.98 Å². The van der Waals surface area contributed by atoms with Crippen LogP contribution in [0.3, 0.4) is 0 Å². The Kier molecular flexibility index (Phi) is 7.75. The summed E-state index contributed by atoms with van der Waals surface area (Å²) in [4.78, 5) is 19.2. The number of hydrogen-bond acceptors (Lipinski definition) is 6. The molecule has 2 heterocycles. The van der Waals surface area contributed by atoms with Gasteiger partial charge in [0.25, 0.3) is 5.91 Å². The number of amides is 1. The highest BCUT2D eigenvalue weighted by molar-refractivity contribution is 5.91. The number of ether oxygens (including phenoxy) is 2. The summed E-state index contributed by atoms with van der Waals surface area (Å²) in [6.07, 6.45) is 3.52. The predicted molar refractivity (Wildman–Crippen MR) is 125 cm³/mol. The van der Waals surface area contributed by atoms with Gasteiger partial charge in [0.1, 0.15) is 12.0 Å². The Balaban J connectivity index is 1.48. The van der Waals surface area contributed by atoms with Crippen LogP contribution in [0.5, 0.6) is 5.75 Å². The molecule has 7 heteroatoms. The van der Waals surface area contributed by atoms with Crippen molar-refractivity contribution in [1.29, 1.82) is 0 Å². The number of methoxy groups -OCH3 is 1. The number of hydrogen-bond donors (Lipinski definition) is 1. The summed E-state index contributed by atoms with van der Waals surface area (Å²) in [6.45, 7) is 4.50. The van der Waals surface area contributed by atoms with E-state index in [1.165, 1.54) is 11.8 Å². The Labute approximate surface area is 194 Å². The van der Waals surface area contributed by atoms with Crippen molar-refractivity contribution in [2.75, 3.05) is 20.3 Å². The zero-order valence-corrected chi connectivity index (χ0v) is 19.2. The van der Waals surface area contributed by atoms with Gasteiger partial charge in [-0.1, -0.05) is 48.5 Å². The van der Waals surface area contributed by atoms with E-state index in [1.807, 2.05) is 36.4 Å². The largest absolute Gasteiger partial charge is 0.496 e. The number of benzene rings is 2. The van der Waals surface area contributed by atoms with Gasteiger partial charge in [-0.2, -0.15) is 0 Å². The number of carbonyl (C=O) groups excluding carboxylic acids is 1. The van der Waals surface area contributed by atoms with Crippen molar-refractivity contribution in [2.45, 2.75) is 45.0 Å². The van der Waals surface area contributed by atoms with Gasteiger partial charge in [0.15, 0.2) is 5.69 Å². The molecular formula is C26H31N3O4. The fourth-order valence-corrected chi connectivity index (χ4v) is 4.09. The molecular weight excluding hydrogens is 418 g/mol. The highest BCUT2D eigenvalue weighted by atomic mass is 16.5. The van der Waals surface area contributed by atoms with Crippen LogP contribution in [-0.2, 0) is 17.8 Å². The molecule has 0 radical (unpaired) electrons. The number of para-hydroxylation sites is 1. The van der Waals surface area contributed by atoms with Crippen molar-refractivity contribution >= 4 is 5.91 Å². The third-order valence-electron chi connectivity index (χ3n) is 6.03. The summed E-state index contributed by atoms with van der Waals surface area (Å²) in [5.41, 5.74) is 2.55. The lowest BCUT2D eigenvalue weighted by atomic mass is 10.1. The molecule has 0 saturated carbocycles. The summed E-state index contributed by atoms with van der Waals surface area (Å²) in [5.74, 6) is 1.09. The van der Waals surface area contributed by atoms with Crippen LogP contribution in [0.4, 0.5) is 0 Å². The van der Waals surface area contributed by atoms with Crippen LogP contribution in [0.2, 0.25) is 0 Å². The second-order valence-corrected chi connectivity index (χ2v) is 8.28. The summed E-state index contributed by atoms with van der Waals surface area (Å²) in [7, 11) is 1.68. The number of nitrogens with one attached hydrogen (secondary N) is 1. The molecule has 0 unspecified atom stereocenters. The number of aromatic nitrogens is 1. The molecule has 1 aliphatic heterocycles. The summed E-state index contributed by atoms with van der Waals surface area (Å²) in [6, 6.07) is 18.4. The second kappa shape index (κ2) is 11.1. The molecule has 0 spiro atoms. The predicted octanol–water partition coefficient (Wildman–Crippen LogP) is 4.36. The molecule has 0 aliphatic carbocycles. The van der Waals surface area contributed by atoms with Crippen molar-refractivity contribution in [2.24, 2.45) is 0 Å². The maximum Gasteiger partial charge on any atom is 0.273 e. The molecule has 1 aliphatic rings. The molecule has 1 aromatic heterocycles. The van der Waals surface area contributed by atoms with Crippen LogP contribution in [-0.4, -0.2) is 42.2 Å². The molecule has 1 amide bonds. The van der Waals surface area contributed by atoms with Crippen molar-refractivity contribution in [3.05, 3.63) is 83.6 Å². The smallest absolute Gasteiger partial charge is 0.273 e. The van der Waals surface area contributed by atoms with E-state index in [9.17, 15) is 4.79 Å². The van der Waals surface area contributed by atoms with Crippen LogP contribution in [0.1, 0.15) is 53.3 Å². The van der Waals surface area contributed by atoms with Crippen molar-refractivity contribution in [3.8, 4) is 5.75 Å². The zero-order chi connectivity index (χ0) is 23.0. The van der Waals surface area contributed by atoms with Crippen LogP contribution in [0, 0.1) is 0 Å². The Morgan fingerprint density at radius 2 is 1.97 bits per heavy atom. The van der Waals surface area contributed by atoms with E-state index >= 15 is 0 Å². The van der Waals surface area contributed by atoms with Gasteiger partial charge in [-0.15, -0.1) is 0 Å². The van der Waals surface area contributed by atoms with Crippen LogP contribution in [0.15, 0.2) is 65.3 Å². The fourth-order valence-electron chi connectivity index (χ4n) is 4.09. The SMILES string of the molecule is COc1ccccc1CN(Cc1nc(C(=O)NC[C@@H]2CCCO2)co1)[C@H](C)c1ccccc1. The number of nitrogens with zero attached hydrogens (tertiary/aromatic N) is 2. The Morgan fingerprint density at radius 3 is 2.73 bits per heavy atom. The topological polar surface area (TPSA) is 76.8 Å². The van der Waals surface area contributed by atoms with Gasteiger partial charge in [0, 0.05) is 31.3 Å². The van der Waals surface area contributed by atoms with E-state index < -0.39 is 0 Å². The van der Waals surface area contributed by atoms with E-state index in [1.54, 1.807) is 7.11 Å². The zero-order valence-electron chi connectivity index (χ0n) is 19.2. The molecule has 4 rings (SSSR count). The van der Waals surface area contributed by atoms with Crippen molar-refractivity contribution < 1.29 is 18.7 Å². The van der Waals surface area contributed by atoms with E-state index in [4.69, 9.17) is 13.9 Å². The Morgan fingerprint density at radius 1 is 1.18 bits per heavy atom. The number of rotatable bonds is 10. The molecule has 1 saturated heterocycles. The van der Waals surface area contributed by atoms with E-state index in [0.717, 1.165) is 30.8 Å². The minimum Gasteiger partial charge on any atom is -0.496 e. The third kappa shape index (κ3) is 6.00. The molecule has 7 nitrogen and oxygen atoms in total. The molecule has 3 aromatic rings. The molecule has 0 bridgehead atoms. The first-order valence-electron chi connectivity index (χ1n) is 11.4. The van der Waals surface area contributed by atoms with Gasteiger partial charge < -0.3 is 19.2 Å². The maximum atomic E-state index is 12.5. The maximum absolute atomic E-state index is 12.5. The van der Waals surface area contributed by atoms with E-state index in [0.29, 0.717) is 25.5 Å². The average Bonchev–Trinajstić information content (AvgIpc) is 3.55. The van der Waals surface area contributed by atoms with E-state index in [-0.39, 0.29) is 23.7 Å². The second-order valence-electron chi connectivity index (χ2n) is 8.28. The molecule has 174 valence electrons. The lowest BCUT2D eigenvalue weighted by Crippen LogP contribution is -2.32. The molecule has 1 N–H and O–H groups in total. The standard InChI is InChI=1S/C26H31N3O4/c1-19(20-9-4-3-5-10-20)29(16-21-11-6-7-13-24(21)31-2)17-25-28-23(18-33-25)26(30)27-15-22-12-8-14-32-22/h3-7,9-11,13,18-19,22H,8,12,14-17H2,1-2H3,(H,27,30)/t19-,22+/m1/s1. The fraction of sp³-hybridized carbons (Fsp3) is 0.385. The van der Waals surface area contributed by atoms with Gasteiger partial charge in [0.2, 0.25) is 5.89 Å². The lowest BCUT2D eigenvalue weighted by Gasteiger charge is -2.29. The first-order chi connectivity index (χ1) is 16.1. The highest BCUT2D eigenvalue weighted by Crippen LogP contribution is 2.27. The monoisotopic (exact) mass is 449 g/mol. The molecule has 1 fully saturated rings. The normalized spacial score (nSPS) is 16.6. The quantitative estimate of drug-likeness (QED) is 0.496. The minimum atomic E-state index is -0.243. The molecule has 33 heavy (non-hydrogen) atoms. The molecule has 2 aromatic carbocycles.